The van der Waals surface area contributed by atoms with Crippen molar-refractivity contribution in [1.82, 2.24) is 4.90 Å². The van der Waals surface area contributed by atoms with Crippen LogP contribution in [-0.4, -0.2) is 44.4 Å². The van der Waals surface area contributed by atoms with Crippen LogP contribution in [0.3, 0.4) is 0 Å². The van der Waals surface area contributed by atoms with Crippen LogP contribution in [0.1, 0.15) is 18.5 Å². The Bertz CT molecular complexity index is 406. The minimum absolute atomic E-state index is 0.0218. The third-order valence-corrected chi connectivity index (χ3v) is 3.73. The van der Waals surface area contributed by atoms with Crippen molar-refractivity contribution in [3.63, 3.8) is 0 Å². The van der Waals surface area contributed by atoms with Crippen LogP contribution in [0.5, 0.6) is 5.75 Å². The molecule has 0 bridgehead atoms. The van der Waals surface area contributed by atoms with E-state index in [4.69, 9.17) is 15.2 Å². The number of halogens is 1. The van der Waals surface area contributed by atoms with Gasteiger partial charge in [-0.1, -0.05) is 22.0 Å². The predicted octanol–water partition coefficient (Wildman–Crippen LogP) is 2.18. The fourth-order valence-corrected chi connectivity index (χ4v) is 2.46. The van der Waals surface area contributed by atoms with Crippen molar-refractivity contribution in [3.05, 3.63) is 28.2 Å². The second-order valence-corrected chi connectivity index (χ2v) is 5.69. The molecule has 1 aliphatic heterocycles. The molecular formula is C14H21BrN2O2. The molecular weight excluding hydrogens is 308 g/mol. The van der Waals surface area contributed by atoms with Gasteiger partial charge in [0.1, 0.15) is 12.4 Å². The maximum Gasteiger partial charge on any atom is 0.125 e. The van der Waals surface area contributed by atoms with Crippen LogP contribution >= 0.6 is 15.9 Å². The van der Waals surface area contributed by atoms with Crippen LogP contribution in [0, 0.1) is 0 Å². The summed E-state index contributed by atoms with van der Waals surface area (Å²) in [5.41, 5.74) is 7.00. The third kappa shape index (κ3) is 4.45. The van der Waals surface area contributed by atoms with Gasteiger partial charge in [0.2, 0.25) is 0 Å². The molecule has 1 heterocycles. The van der Waals surface area contributed by atoms with Crippen molar-refractivity contribution >= 4 is 15.9 Å². The van der Waals surface area contributed by atoms with E-state index in [1.807, 2.05) is 25.1 Å². The smallest absolute Gasteiger partial charge is 0.125 e. The van der Waals surface area contributed by atoms with Gasteiger partial charge in [0.05, 0.1) is 13.2 Å². The highest BCUT2D eigenvalue weighted by atomic mass is 79.9. The molecule has 0 amide bonds. The summed E-state index contributed by atoms with van der Waals surface area (Å²) in [6, 6.07) is 5.97. The molecule has 0 saturated carbocycles. The molecule has 1 aromatic carbocycles. The monoisotopic (exact) mass is 328 g/mol. The number of hydrogen-bond donors (Lipinski definition) is 1. The lowest BCUT2D eigenvalue weighted by Gasteiger charge is -2.26. The zero-order valence-electron chi connectivity index (χ0n) is 11.3. The summed E-state index contributed by atoms with van der Waals surface area (Å²) >= 11 is 3.47. The van der Waals surface area contributed by atoms with E-state index in [0.29, 0.717) is 6.61 Å². The highest BCUT2D eigenvalue weighted by Crippen LogP contribution is 2.27. The second-order valence-electron chi connectivity index (χ2n) is 4.77. The van der Waals surface area contributed by atoms with Crippen molar-refractivity contribution in [3.8, 4) is 5.75 Å². The van der Waals surface area contributed by atoms with Gasteiger partial charge in [-0.05, 0) is 19.1 Å². The van der Waals surface area contributed by atoms with Gasteiger partial charge < -0.3 is 15.2 Å². The van der Waals surface area contributed by atoms with Crippen LogP contribution in [0.25, 0.3) is 0 Å². The van der Waals surface area contributed by atoms with Gasteiger partial charge >= 0.3 is 0 Å². The highest BCUT2D eigenvalue weighted by molar-refractivity contribution is 9.10. The first-order valence-electron chi connectivity index (χ1n) is 6.65. The predicted molar refractivity (Wildman–Crippen MR) is 79.5 cm³/mol. The number of rotatable bonds is 5. The molecule has 0 aliphatic carbocycles. The molecule has 1 atom stereocenters. The zero-order valence-corrected chi connectivity index (χ0v) is 12.9. The Labute approximate surface area is 123 Å². The van der Waals surface area contributed by atoms with E-state index in [1.165, 1.54) is 0 Å². The van der Waals surface area contributed by atoms with Gasteiger partial charge in [-0.2, -0.15) is 0 Å². The zero-order chi connectivity index (χ0) is 13.7. The van der Waals surface area contributed by atoms with E-state index >= 15 is 0 Å². The summed E-state index contributed by atoms with van der Waals surface area (Å²) in [6.07, 6.45) is 0. The first-order chi connectivity index (χ1) is 9.16. The molecule has 19 heavy (non-hydrogen) atoms. The van der Waals surface area contributed by atoms with Crippen molar-refractivity contribution in [2.75, 3.05) is 39.5 Å². The summed E-state index contributed by atoms with van der Waals surface area (Å²) in [6.45, 7) is 7.19. The number of benzene rings is 1. The van der Waals surface area contributed by atoms with Gasteiger partial charge in [0.15, 0.2) is 0 Å². The molecule has 1 aromatic rings. The van der Waals surface area contributed by atoms with E-state index in [0.717, 1.165) is 48.6 Å². The van der Waals surface area contributed by atoms with Crippen molar-refractivity contribution in [2.24, 2.45) is 5.73 Å². The largest absolute Gasteiger partial charge is 0.492 e. The molecule has 0 unspecified atom stereocenters. The molecule has 2 rings (SSSR count). The molecule has 1 aliphatic rings. The number of hydrogen-bond acceptors (Lipinski definition) is 4. The summed E-state index contributed by atoms with van der Waals surface area (Å²) < 4.78 is 12.2. The maximum absolute atomic E-state index is 5.96. The number of nitrogens with zero attached hydrogens (tertiary/aromatic N) is 1. The van der Waals surface area contributed by atoms with Crippen LogP contribution in [0.4, 0.5) is 0 Å². The second kappa shape index (κ2) is 7.24. The Morgan fingerprint density at radius 1 is 1.42 bits per heavy atom. The van der Waals surface area contributed by atoms with Crippen LogP contribution in [0.2, 0.25) is 0 Å². The van der Waals surface area contributed by atoms with Crippen molar-refractivity contribution in [1.29, 1.82) is 0 Å². The van der Waals surface area contributed by atoms with Crippen LogP contribution in [0.15, 0.2) is 22.7 Å². The lowest BCUT2D eigenvalue weighted by Crippen LogP contribution is -2.38. The van der Waals surface area contributed by atoms with Gasteiger partial charge in [0.25, 0.3) is 0 Å². The number of morpholine rings is 1. The van der Waals surface area contributed by atoms with Gasteiger partial charge in [-0.25, -0.2) is 0 Å². The SMILES string of the molecule is C[C@H](N)c1ccc(Br)cc1OCCN1CCOCC1. The Morgan fingerprint density at radius 2 is 2.16 bits per heavy atom. The normalized spacial score (nSPS) is 18.3. The summed E-state index contributed by atoms with van der Waals surface area (Å²) in [5, 5.41) is 0. The maximum atomic E-state index is 5.96. The summed E-state index contributed by atoms with van der Waals surface area (Å²) in [4.78, 5) is 2.35. The summed E-state index contributed by atoms with van der Waals surface area (Å²) in [5.74, 6) is 0.873. The number of ether oxygens (including phenoxy) is 2. The quantitative estimate of drug-likeness (QED) is 0.900. The number of nitrogens with two attached hydrogens (primary N) is 1. The van der Waals surface area contributed by atoms with E-state index < -0.39 is 0 Å². The van der Waals surface area contributed by atoms with Crippen LogP contribution < -0.4 is 10.5 Å². The molecule has 0 spiro atoms. The molecule has 0 aromatic heterocycles. The Kier molecular flexibility index (Phi) is 5.63. The Morgan fingerprint density at radius 3 is 2.84 bits per heavy atom. The Balaban J connectivity index is 1.89. The average molecular weight is 329 g/mol. The molecule has 4 nitrogen and oxygen atoms in total. The van der Waals surface area contributed by atoms with E-state index in [-0.39, 0.29) is 6.04 Å². The summed E-state index contributed by atoms with van der Waals surface area (Å²) in [7, 11) is 0. The molecule has 1 fully saturated rings. The minimum atomic E-state index is -0.0218. The van der Waals surface area contributed by atoms with Crippen LogP contribution in [-0.2, 0) is 4.74 Å². The first-order valence-corrected chi connectivity index (χ1v) is 7.44. The molecule has 106 valence electrons. The average Bonchev–Trinajstić information content (AvgIpc) is 2.39. The van der Waals surface area contributed by atoms with E-state index in [2.05, 4.69) is 20.8 Å². The lowest BCUT2D eigenvalue weighted by atomic mass is 10.1. The van der Waals surface area contributed by atoms with Gasteiger partial charge in [-0.15, -0.1) is 0 Å². The van der Waals surface area contributed by atoms with Gasteiger partial charge in [-0.3, -0.25) is 4.90 Å². The standard InChI is InChI=1S/C14H21BrN2O2/c1-11(16)13-3-2-12(15)10-14(13)19-9-6-17-4-7-18-8-5-17/h2-3,10-11H,4-9,16H2,1H3/t11-/m0/s1. The van der Waals surface area contributed by atoms with Crippen molar-refractivity contribution < 1.29 is 9.47 Å². The molecule has 5 heteroatoms. The topological polar surface area (TPSA) is 47.7 Å². The molecule has 0 radical (unpaired) electrons. The molecule has 2 N–H and O–H groups in total. The molecule has 1 saturated heterocycles. The van der Waals surface area contributed by atoms with E-state index in [9.17, 15) is 0 Å². The third-order valence-electron chi connectivity index (χ3n) is 3.23. The lowest BCUT2D eigenvalue weighted by molar-refractivity contribution is 0.0322. The first kappa shape index (κ1) is 14.8. The Hall–Kier alpha value is -0.620. The fraction of sp³-hybridized carbons (Fsp3) is 0.571. The van der Waals surface area contributed by atoms with Crippen molar-refractivity contribution in [2.45, 2.75) is 13.0 Å². The highest BCUT2D eigenvalue weighted by Gasteiger charge is 2.12. The fourth-order valence-electron chi connectivity index (χ4n) is 2.12. The van der Waals surface area contributed by atoms with E-state index in [1.54, 1.807) is 0 Å². The minimum Gasteiger partial charge on any atom is -0.492 e. The van der Waals surface area contributed by atoms with Gasteiger partial charge in [0, 0.05) is 35.7 Å².